The number of carboxylic acid groups (broad SMARTS) is 1. The Labute approximate surface area is 137 Å². The van der Waals surface area contributed by atoms with Crippen LogP contribution in [-0.2, 0) is 11.3 Å². The molecule has 23 heavy (non-hydrogen) atoms. The molecule has 0 fully saturated rings. The lowest BCUT2D eigenvalue weighted by Gasteiger charge is -2.25. The SMILES string of the molecule is CCN(CCN(C)C)C(=O)NC(C)c1ncnn1CC.O=CO. The quantitative estimate of drug-likeness (QED) is 0.712. The van der Waals surface area contributed by atoms with Crippen molar-refractivity contribution in [2.45, 2.75) is 33.4 Å². The van der Waals surface area contributed by atoms with Crippen molar-refractivity contribution in [3.8, 4) is 0 Å². The van der Waals surface area contributed by atoms with Crippen LogP contribution in [0.15, 0.2) is 6.33 Å². The number of amides is 2. The van der Waals surface area contributed by atoms with Gasteiger partial charge in [0.1, 0.15) is 12.2 Å². The zero-order valence-corrected chi connectivity index (χ0v) is 14.6. The van der Waals surface area contributed by atoms with E-state index < -0.39 is 0 Å². The molecule has 1 unspecified atom stereocenters. The molecule has 1 aromatic rings. The van der Waals surface area contributed by atoms with E-state index in [9.17, 15) is 4.79 Å². The summed E-state index contributed by atoms with van der Waals surface area (Å²) in [5.74, 6) is 0.782. The van der Waals surface area contributed by atoms with Crippen molar-refractivity contribution < 1.29 is 14.7 Å². The molecular weight excluding hydrogens is 300 g/mol. The highest BCUT2D eigenvalue weighted by Gasteiger charge is 2.18. The Morgan fingerprint density at radius 2 is 2.04 bits per heavy atom. The lowest BCUT2D eigenvalue weighted by molar-refractivity contribution is -0.122. The third-order valence-electron chi connectivity index (χ3n) is 3.16. The first-order valence-electron chi connectivity index (χ1n) is 7.56. The number of aryl methyl sites for hydroxylation is 1. The van der Waals surface area contributed by atoms with Crippen LogP contribution in [0.2, 0.25) is 0 Å². The summed E-state index contributed by atoms with van der Waals surface area (Å²) in [6.07, 6.45) is 1.52. The molecular formula is C14H28N6O3. The molecule has 0 aliphatic rings. The Bertz CT molecular complexity index is 463. The van der Waals surface area contributed by atoms with Gasteiger partial charge in [0.2, 0.25) is 0 Å². The number of hydrogen-bond donors (Lipinski definition) is 2. The summed E-state index contributed by atoms with van der Waals surface area (Å²) in [5.41, 5.74) is 0. The van der Waals surface area contributed by atoms with Crippen LogP contribution in [0.4, 0.5) is 4.79 Å². The standard InChI is InChI=1S/C13H26N6O.CH2O2/c1-6-18(9-8-17(4)5)13(20)16-11(3)12-14-10-15-19(12)7-2;2-1-3/h10-11H,6-9H2,1-5H3,(H,16,20);1H,(H,2,3). The molecule has 0 saturated carbocycles. The first kappa shape index (κ1) is 20.8. The van der Waals surface area contributed by atoms with E-state index in [1.165, 1.54) is 6.33 Å². The number of urea groups is 1. The van der Waals surface area contributed by atoms with E-state index in [0.717, 1.165) is 18.9 Å². The molecule has 2 amide bonds. The summed E-state index contributed by atoms with van der Waals surface area (Å²) in [5, 5.41) is 14.0. The van der Waals surface area contributed by atoms with E-state index in [4.69, 9.17) is 9.90 Å². The predicted molar refractivity (Wildman–Crippen MR) is 87.1 cm³/mol. The fraction of sp³-hybridized carbons (Fsp3) is 0.714. The van der Waals surface area contributed by atoms with Crippen molar-refractivity contribution >= 4 is 12.5 Å². The third-order valence-corrected chi connectivity index (χ3v) is 3.16. The maximum atomic E-state index is 12.2. The summed E-state index contributed by atoms with van der Waals surface area (Å²) >= 11 is 0. The molecule has 132 valence electrons. The van der Waals surface area contributed by atoms with Crippen molar-refractivity contribution in [2.75, 3.05) is 33.7 Å². The summed E-state index contributed by atoms with van der Waals surface area (Å²) in [6.45, 7) is 8.65. The Hall–Kier alpha value is -2.16. The minimum atomic E-state index is -0.250. The fourth-order valence-electron chi connectivity index (χ4n) is 1.92. The van der Waals surface area contributed by atoms with Crippen molar-refractivity contribution in [2.24, 2.45) is 0 Å². The van der Waals surface area contributed by atoms with Gasteiger partial charge in [-0.25, -0.2) is 14.5 Å². The number of nitrogens with one attached hydrogen (secondary N) is 1. The maximum absolute atomic E-state index is 12.2. The van der Waals surface area contributed by atoms with E-state index >= 15 is 0 Å². The zero-order valence-electron chi connectivity index (χ0n) is 14.6. The molecule has 9 heteroatoms. The molecule has 9 nitrogen and oxygen atoms in total. The summed E-state index contributed by atoms with van der Waals surface area (Å²) < 4.78 is 1.79. The van der Waals surface area contributed by atoms with E-state index in [2.05, 4.69) is 20.3 Å². The van der Waals surface area contributed by atoms with Crippen LogP contribution >= 0.6 is 0 Å². The molecule has 1 heterocycles. The van der Waals surface area contributed by atoms with Gasteiger partial charge in [-0.15, -0.1) is 0 Å². The van der Waals surface area contributed by atoms with E-state index in [0.29, 0.717) is 13.1 Å². The summed E-state index contributed by atoms with van der Waals surface area (Å²) in [6, 6.07) is -0.217. The number of nitrogens with zero attached hydrogens (tertiary/aromatic N) is 5. The summed E-state index contributed by atoms with van der Waals surface area (Å²) in [7, 11) is 4.00. The molecule has 0 spiro atoms. The van der Waals surface area contributed by atoms with Gasteiger partial charge in [0.25, 0.3) is 6.47 Å². The van der Waals surface area contributed by atoms with Gasteiger partial charge < -0.3 is 20.2 Å². The van der Waals surface area contributed by atoms with Gasteiger partial charge in [0.15, 0.2) is 0 Å². The van der Waals surface area contributed by atoms with Crippen LogP contribution in [0.3, 0.4) is 0 Å². The highest BCUT2D eigenvalue weighted by atomic mass is 16.3. The second kappa shape index (κ2) is 11.4. The molecule has 0 bridgehead atoms. The second-order valence-corrected chi connectivity index (χ2v) is 5.09. The van der Waals surface area contributed by atoms with E-state index in [-0.39, 0.29) is 18.5 Å². The van der Waals surface area contributed by atoms with Gasteiger partial charge in [-0.05, 0) is 34.9 Å². The van der Waals surface area contributed by atoms with E-state index in [1.807, 2.05) is 34.9 Å². The lowest BCUT2D eigenvalue weighted by Crippen LogP contribution is -2.44. The monoisotopic (exact) mass is 328 g/mol. The molecule has 0 aliphatic carbocycles. The molecule has 0 aliphatic heterocycles. The topological polar surface area (TPSA) is 104 Å². The molecule has 0 aromatic carbocycles. The predicted octanol–water partition coefficient (Wildman–Crippen LogP) is 0.653. The van der Waals surface area contributed by atoms with Crippen molar-refractivity contribution in [3.63, 3.8) is 0 Å². The number of aromatic nitrogens is 3. The zero-order chi connectivity index (χ0) is 17.8. The molecule has 0 saturated heterocycles. The number of rotatable bonds is 7. The number of carbonyl (C=O) groups is 2. The smallest absolute Gasteiger partial charge is 0.318 e. The highest BCUT2D eigenvalue weighted by Crippen LogP contribution is 2.08. The first-order chi connectivity index (χ1) is 10.9. The van der Waals surface area contributed by atoms with Crippen LogP contribution in [0.25, 0.3) is 0 Å². The highest BCUT2D eigenvalue weighted by molar-refractivity contribution is 5.74. The first-order valence-corrected chi connectivity index (χ1v) is 7.56. The number of hydrogen-bond acceptors (Lipinski definition) is 5. The Balaban J connectivity index is 0.00000149. The molecule has 0 radical (unpaired) electrons. The van der Waals surface area contributed by atoms with Crippen LogP contribution in [0, 0.1) is 0 Å². The normalized spacial score (nSPS) is 11.4. The van der Waals surface area contributed by atoms with Crippen molar-refractivity contribution in [1.82, 2.24) is 29.9 Å². The lowest BCUT2D eigenvalue weighted by atomic mass is 10.3. The minimum Gasteiger partial charge on any atom is -0.483 e. The second-order valence-electron chi connectivity index (χ2n) is 5.09. The maximum Gasteiger partial charge on any atom is 0.318 e. The van der Waals surface area contributed by atoms with Gasteiger partial charge in [-0.1, -0.05) is 0 Å². The van der Waals surface area contributed by atoms with Gasteiger partial charge >= 0.3 is 6.03 Å². The minimum absolute atomic E-state index is 0.0625. The Kier molecular flexibility index (Phi) is 10.3. The van der Waals surface area contributed by atoms with Gasteiger partial charge in [0.05, 0.1) is 6.04 Å². The molecule has 1 rings (SSSR count). The van der Waals surface area contributed by atoms with E-state index in [1.54, 1.807) is 9.58 Å². The Morgan fingerprint density at radius 1 is 1.43 bits per heavy atom. The van der Waals surface area contributed by atoms with Crippen molar-refractivity contribution in [3.05, 3.63) is 12.2 Å². The average molecular weight is 328 g/mol. The largest absolute Gasteiger partial charge is 0.483 e. The van der Waals surface area contributed by atoms with Crippen LogP contribution < -0.4 is 5.32 Å². The van der Waals surface area contributed by atoms with Gasteiger partial charge in [-0.3, -0.25) is 4.79 Å². The Morgan fingerprint density at radius 3 is 2.52 bits per heavy atom. The third kappa shape index (κ3) is 7.59. The summed E-state index contributed by atoms with van der Waals surface area (Å²) in [4.78, 5) is 28.7. The van der Waals surface area contributed by atoms with Crippen LogP contribution in [-0.4, -0.2) is 75.9 Å². The van der Waals surface area contributed by atoms with Gasteiger partial charge in [-0.2, -0.15) is 5.10 Å². The average Bonchev–Trinajstić information content (AvgIpc) is 2.96. The van der Waals surface area contributed by atoms with Gasteiger partial charge in [0, 0.05) is 26.2 Å². The van der Waals surface area contributed by atoms with Crippen LogP contribution in [0.1, 0.15) is 32.6 Å². The fourth-order valence-corrected chi connectivity index (χ4v) is 1.92. The molecule has 1 atom stereocenters. The van der Waals surface area contributed by atoms with Crippen LogP contribution in [0.5, 0.6) is 0 Å². The number of carbonyl (C=O) groups excluding carboxylic acids is 1. The number of likely N-dealkylation sites (N-methyl/N-ethyl adjacent to an activating group) is 2. The van der Waals surface area contributed by atoms with Crippen molar-refractivity contribution in [1.29, 1.82) is 0 Å². The molecule has 1 aromatic heterocycles. The molecule has 2 N–H and O–H groups in total.